The number of nitrogens with one attached hydrogen (secondary N) is 2. The number of thioether (sulfide) groups is 1. The second-order valence-electron chi connectivity index (χ2n) is 7.40. The van der Waals surface area contributed by atoms with E-state index < -0.39 is 0 Å². The Morgan fingerprint density at radius 1 is 0.971 bits per heavy atom. The monoisotopic (exact) mass is 473 g/mol. The average molecular weight is 474 g/mol. The fourth-order valence-electron chi connectivity index (χ4n) is 3.14. The van der Waals surface area contributed by atoms with Gasteiger partial charge in [-0.25, -0.2) is 5.43 Å². The molecule has 0 aliphatic heterocycles. The number of para-hydroxylation sites is 1. The van der Waals surface area contributed by atoms with E-state index in [1.54, 1.807) is 18.2 Å². The van der Waals surface area contributed by atoms with E-state index in [9.17, 15) is 9.59 Å². The normalized spacial score (nSPS) is 11.0. The summed E-state index contributed by atoms with van der Waals surface area (Å²) < 4.78 is 11.1. The molecule has 0 atom stereocenters. The van der Waals surface area contributed by atoms with Crippen molar-refractivity contribution in [3.05, 3.63) is 90.2 Å². The number of ether oxygens (including phenoxy) is 1. The van der Waals surface area contributed by atoms with Gasteiger partial charge >= 0.3 is 0 Å². The maximum atomic E-state index is 12.3. The number of amides is 2. The zero-order valence-corrected chi connectivity index (χ0v) is 19.3. The number of hydrogen-bond acceptors (Lipinski definition) is 6. The van der Waals surface area contributed by atoms with Crippen LogP contribution in [-0.2, 0) is 9.59 Å². The second kappa shape index (κ2) is 11.2. The molecule has 4 rings (SSSR count). The Kier molecular flexibility index (Phi) is 7.62. The van der Waals surface area contributed by atoms with Crippen LogP contribution in [0.2, 0.25) is 0 Å². The number of aryl methyl sites for hydroxylation is 1. The van der Waals surface area contributed by atoms with Crippen LogP contribution in [0.15, 0.2) is 93.5 Å². The van der Waals surface area contributed by atoms with Crippen LogP contribution >= 0.6 is 11.8 Å². The van der Waals surface area contributed by atoms with E-state index in [1.807, 2.05) is 67.6 Å². The van der Waals surface area contributed by atoms with Gasteiger partial charge in [-0.1, -0.05) is 60.3 Å². The Morgan fingerprint density at radius 2 is 1.76 bits per heavy atom. The first-order valence-electron chi connectivity index (χ1n) is 10.6. The lowest BCUT2D eigenvalue weighted by atomic mass is 10.1. The van der Waals surface area contributed by atoms with Crippen molar-refractivity contribution in [1.29, 1.82) is 0 Å². The molecule has 0 unspecified atom stereocenters. The number of nitrogens with zero attached hydrogens (tertiary/aromatic N) is 1. The van der Waals surface area contributed by atoms with Crippen molar-refractivity contribution in [1.82, 2.24) is 5.43 Å². The summed E-state index contributed by atoms with van der Waals surface area (Å²) in [5, 5.41) is 9.54. The van der Waals surface area contributed by atoms with Gasteiger partial charge in [0.25, 0.3) is 5.91 Å². The molecule has 1 heterocycles. The van der Waals surface area contributed by atoms with Gasteiger partial charge < -0.3 is 14.5 Å². The molecule has 0 fully saturated rings. The van der Waals surface area contributed by atoms with E-state index in [1.165, 1.54) is 18.0 Å². The van der Waals surface area contributed by atoms with Crippen molar-refractivity contribution in [2.45, 2.75) is 12.0 Å². The minimum Gasteiger partial charge on any atom is -0.483 e. The van der Waals surface area contributed by atoms with Gasteiger partial charge in [0.2, 0.25) is 5.91 Å². The fraction of sp³-hybridized carbons (Fsp3) is 0.115. The first kappa shape index (κ1) is 23.1. The molecule has 172 valence electrons. The molecule has 7 nitrogen and oxygen atoms in total. The van der Waals surface area contributed by atoms with Crippen LogP contribution < -0.4 is 15.5 Å². The second-order valence-corrected chi connectivity index (χ2v) is 8.38. The third kappa shape index (κ3) is 6.49. The highest BCUT2D eigenvalue weighted by Gasteiger charge is 2.08. The molecular formula is C26H23N3O4S. The lowest BCUT2D eigenvalue weighted by Gasteiger charge is -2.07. The molecule has 2 N–H and O–H groups in total. The lowest BCUT2D eigenvalue weighted by molar-refractivity contribution is -0.123. The van der Waals surface area contributed by atoms with Crippen LogP contribution in [0.3, 0.4) is 0 Å². The number of benzene rings is 3. The van der Waals surface area contributed by atoms with Gasteiger partial charge in [-0.2, -0.15) is 5.10 Å². The summed E-state index contributed by atoms with van der Waals surface area (Å²) in [5.41, 5.74) is 4.09. The highest BCUT2D eigenvalue weighted by Crippen LogP contribution is 2.22. The number of fused-ring (bicyclic) bond motifs is 1. The SMILES string of the molecule is Cc1ccccc1OCC(=O)N/N=C/c1ccc(SCC(=O)Nc2ccc3ccccc3c2)o1. The Bertz CT molecular complexity index is 1330. The molecule has 1 aromatic heterocycles. The van der Waals surface area contributed by atoms with Crippen molar-refractivity contribution >= 4 is 46.3 Å². The van der Waals surface area contributed by atoms with Crippen LogP contribution in [0.5, 0.6) is 5.75 Å². The maximum absolute atomic E-state index is 12.3. The quantitative estimate of drug-likeness (QED) is 0.203. The van der Waals surface area contributed by atoms with E-state index in [-0.39, 0.29) is 24.2 Å². The molecule has 34 heavy (non-hydrogen) atoms. The fourth-order valence-corrected chi connectivity index (χ4v) is 3.81. The molecule has 0 spiro atoms. The van der Waals surface area contributed by atoms with Crippen molar-refractivity contribution in [2.24, 2.45) is 5.10 Å². The van der Waals surface area contributed by atoms with Gasteiger partial charge in [-0.15, -0.1) is 0 Å². The van der Waals surface area contributed by atoms with Gasteiger partial charge in [0.05, 0.1) is 12.0 Å². The molecule has 2 amide bonds. The third-order valence-corrected chi connectivity index (χ3v) is 5.72. The Morgan fingerprint density at radius 3 is 2.62 bits per heavy atom. The molecule has 4 aromatic rings. The summed E-state index contributed by atoms with van der Waals surface area (Å²) in [6.07, 6.45) is 1.39. The lowest BCUT2D eigenvalue weighted by Crippen LogP contribution is -2.24. The highest BCUT2D eigenvalue weighted by atomic mass is 32.2. The zero-order chi connectivity index (χ0) is 23.8. The molecule has 0 aliphatic rings. The Balaban J connectivity index is 1.20. The third-order valence-electron chi connectivity index (χ3n) is 4.81. The van der Waals surface area contributed by atoms with Crippen LogP contribution in [0.25, 0.3) is 10.8 Å². The van der Waals surface area contributed by atoms with E-state index in [0.29, 0.717) is 16.6 Å². The summed E-state index contributed by atoms with van der Waals surface area (Å²) in [6, 6.07) is 24.7. The number of hydrogen-bond donors (Lipinski definition) is 2. The number of hydrazone groups is 1. The predicted octanol–water partition coefficient (Wildman–Crippen LogP) is 5.00. The number of furan rings is 1. The van der Waals surface area contributed by atoms with Crippen LogP contribution in [0.4, 0.5) is 5.69 Å². The van der Waals surface area contributed by atoms with Crippen LogP contribution in [0.1, 0.15) is 11.3 Å². The number of carbonyl (C=O) groups excluding carboxylic acids is 2. The first-order valence-corrected chi connectivity index (χ1v) is 11.6. The van der Waals surface area contributed by atoms with Crippen molar-refractivity contribution in [3.63, 3.8) is 0 Å². The van der Waals surface area contributed by atoms with E-state index in [2.05, 4.69) is 15.8 Å². The van der Waals surface area contributed by atoms with Crippen LogP contribution in [-0.4, -0.2) is 30.4 Å². The van der Waals surface area contributed by atoms with E-state index >= 15 is 0 Å². The van der Waals surface area contributed by atoms with Crippen molar-refractivity contribution < 1.29 is 18.7 Å². The standard InChI is InChI=1S/C26H23N3O4S/c1-18-6-2-5-9-23(18)32-16-24(30)29-27-15-22-12-13-26(33-22)34-17-25(31)28-21-11-10-19-7-3-4-8-20(19)14-21/h2-15H,16-17H2,1H3,(H,28,31)(H,29,30)/b27-15+. The van der Waals surface area contributed by atoms with Gasteiger partial charge in [0.15, 0.2) is 11.7 Å². The predicted molar refractivity (Wildman–Crippen MR) is 134 cm³/mol. The van der Waals surface area contributed by atoms with Gasteiger partial charge in [-0.3, -0.25) is 9.59 Å². The zero-order valence-electron chi connectivity index (χ0n) is 18.5. The van der Waals surface area contributed by atoms with Gasteiger partial charge in [-0.05, 0) is 53.6 Å². The van der Waals surface area contributed by atoms with Gasteiger partial charge in [0, 0.05) is 5.69 Å². The van der Waals surface area contributed by atoms with Crippen molar-refractivity contribution in [2.75, 3.05) is 17.7 Å². The molecule has 8 heteroatoms. The highest BCUT2D eigenvalue weighted by molar-refractivity contribution is 7.99. The minimum atomic E-state index is -0.383. The number of anilines is 1. The van der Waals surface area contributed by atoms with E-state index in [0.717, 1.165) is 22.0 Å². The summed E-state index contributed by atoms with van der Waals surface area (Å²) in [6.45, 7) is 1.76. The van der Waals surface area contributed by atoms with Crippen LogP contribution in [0, 0.1) is 6.92 Å². The summed E-state index contributed by atoms with van der Waals surface area (Å²) in [4.78, 5) is 24.2. The summed E-state index contributed by atoms with van der Waals surface area (Å²) >= 11 is 1.27. The largest absolute Gasteiger partial charge is 0.483 e. The number of carbonyl (C=O) groups is 2. The minimum absolute atomic E-state index is 0.132. The number of rotatable bonds is 9. The van der Waals surface area contributed by atoms with Gasteiger partial charge in [0.1, 0.15) is 11.5 Å². The average Bonchev–Trinajstić information content (AvgIpc) is 3.30. The smallest absolute Gasteiger partial charge is 0.277 e. The molecule has 0 bridgehead atoms. The van der Waals surface area contributed by atoms with Crippen molar-refractivity contribution in [3.8, 4) is 5.75 Å². The topological polar surface area (TPSA) is 92.9 Å². The molecular weight excluding hydrogens is 450 g/mol. The summed E-state index contributed by atoms with van der Waals surface area (Å²) in [5.74, 6) is 0.791. The maximum Gasteiger partial charge on any atom is 0.277 e. The first-order chi connectivity index (χ1) is 16.6. The Labute approximate surface area is 201 Å². The molecule has 3 aromatic carbocycles. The summed E-state index contributed by atoms with van der Waals surface area (Å²) in [7, 11) is 0. The molecule has 0 radical (unpaired) electrons. The Hall–Kier alpha value is -4.04. The van der Waals surface area contributed by atoms with E-state index in [4.69, 9.17) is 9.15 Å². The molecule has 0 saturated carbocycles. The molecule has 0 saturated heterocycles. The molecule has 0 aliphatic carbocycles.